The van der Waals surface area contributed by atoms with Gasteiger partial charge in [0.25, 0.3) is 0 Å². The van der Waals surface area contributed by atoms with Crippen LogP contribution in [-0.4, -0.2) is 61.6 Å². The van der Waals surface area contributed by atoms with Crippen LogP contribution in [0.5, 0.6) is 5.75 Å². The van der Waals surface area contributed by atoms with Gasteiger partial charge >= 0.3 is 0 Å². The smallest absolute Gasteiger partial charge is 0.228 e. The highest BCUT2D eigenvalue weighted by molar-refractivity contribution is 5.81. The normalized spacial score (nSPS) is 24.6. The van der Waals surface area contributed by atoms with E-state index in [0.29, 0.717) is 26.2 Å². The van der Waals surface area contributed by atoms with Gasteiger partial charge in [0.15, 0.2) is 0 Å². The van der Waals surface area contributed by atoms with Crippen molar-refractivity contribution in [3.05, 3.63) is 29.8 Å². The van der Waals surface area contributed by atoms with Crippen LogP contribution < -0.4 is 4.74 Å². The van der Waals surface area contributed by atoms with Crippen molar-refractivity contribution < 1.29 is 19.1 Å². The summed E-state index contributed by atoms with van der Waals surface area (Å²) in [5.74, 6) is 1.31. The molecule has 1 atom stereocenters. The summed E-state index contributed by atoms with van der Waals surface area (Å²) in [7, 11) is 1.65. The van der Waals surface area contributed by atoms with Gasteiger partial charge in [-0.3, -0.25) is 9.59 Å². The second-order valence-corrected chi connectivity index (χ2v) is 8.16. The van der Waals surface area contributed by atoms with E-state index in [9.17, 15) is 9.59 Å². The lowest BCUT2D eigenvalue weighted by molar-refractivity contribution is -0.137. The molecule has 0 saturated carbocycles. The Balaban J connectivity index is 1.35. The van der Waals surface area contributed by atoms with Crippen molar-refractivity contribution in [2.75, 3.05) is 40.0 Å². The number of methoxy groups -OCH3 is 1. The van der Waals surface area contributed by atoms with Gasteiger partial charge in [-0.2, -0.15) is 0 Å². The molecule has 0 N–H and O–H groups in total. The summed E-state index contributed by atoms with van der Waals surface area (Å²) in [6.45, 7) is 4.19. The number of hydrogen-bond acceptors (Lipinski definition) is 4. The molecule has 1 aromatic rings. The third kappa shape index (κ3) is 3.81. The topological polar surface area (TPSA) is 59.1 Å². The van der Waals surface area contributed by atoms with Gasteiger partial charge in [0.2, 0.25) is 11.8 Å². The molecule has 0 bridgehead atoms. The van der Waals surface area contributed by atoms with Crippen LogP contribution in [0, 0.1) is 11.3 Å². The van der Waals surface area contributed by atoms with Crippen molar-refractivity contribution in [3.63, 3.8) is 0 Å². The molecule has 0 unspecified atom stereocenters. The zero-order chi connectivity index (χ0) is 18.9. The van der Waals surface area contributed by atoms with Crippen LogP contribution in [0.2, 0.25) is 0 Å². The highest BCUT2D eigenvalue weighted by Crippen LogP contribution is 2.42. The second-order valence-electron chi connectivity index (χ2n) is 8.16. The molecule has 3 aliphatic rings. The number of amides is 2. The average Bonchev–Trinajstić information content (AvgIpc) is 3.31. The summed E-state index contributed by atoms with van der Waals surface area (Å²) in [6.07, 6.45) is 3.26. The molecule has 0 aromatic heterocycles. The molecule has 3 saturated heterocycles. The molecular weight excluding hydrogens is 344 g/mol. The van der Waals surface area contributed by atoms with Crippen LogP contribution in [-0.2, 0) is 20.9 Å². The van der Waals surface area contributed by atoms with Gasteiger partial charge < -0.3 is 19.3 Å². The molecule has 1 aromatic carbocycles. The molecule has 0 radical (unpaired) electrons. The SMILES string of the molecule is COc1cccc(CN2CC3(CCN(C(=O)[C@H]4CCOC4)CC3)CC2=O)c1. The third-order valence-corrected chi connectivity index (χ3v) is 6.33. The van der Waals surface area contributed by atoms with Crippen molar-refractivity contribution in [2.24, 2.45) is 11.3 Å². The summed E-state index contributed by atoms with van der Waals surface area (Å²) in [6, 6.07) is 7.90. The molecule has 6 heteroatoms. The predicted molar refractivity (Wildman–Crippen MR) is 100 cm³/mol. The van der Waals surface area contributed by atoms with Crippen LogP contribution in [0.4, 0.5) is 0 Å². The van der Waals surface area contributed by atoms with Gasteiger partial charge in [-0.15, -0.1) is 0 Å². The van der Waals surface area contributed by atoms with Gasteiger partial charge in [-0.25, -0.2) is 0 Å². The third-order valence-electron chi connectivity index (χ3n) is 6.33. The van der Waals surface area contributed by atoms with E-state index in [1.165, 1.54) is 0 Å². The Bertz CT molecular complexity index is 706. The monoisotopic (exact) mass is 372 g/mol. The number of carbonyl (C=O) groups is 2. The molecule has 2 amide bonds. The molecule has 4 rings (SSSR count). The van der Waals surface area contributed by atoms with Crippen molar-refractivity contribution in [2.45, 2.75) is 32.2 Å². The van der Waals surface area contributed by atoms with Crippen LogP contribution >= 0.6 is 0 Å². The van der Waals surface area contributed by atoms with Crippen LogP contribution in [0.3, 0.4) is 0 Å². The van der Waals surface area contributed by atoms with E-state index in [-0.39, 0.29) is 23.1 Å². The molecule has 6 nitrogen and oxygen atoms in total. The molecule has 3 fully saturated rings. The van der Waals surface area contributed by atoms with Gasteiger partial charge in [0, 0.05) is 44.6 Å². The van der Waals surface area contributed by atoms with Gasteiger partial charge in [-0.05, 0) is 37.0 Å². The van der Waals surface area contributed by atoms with Gasteiger partial charge in [-0.1, -0.05) is 12.1 Å². The molecular formula is C21H28N2O4. The highest BCUT2D eigenvalue weighted by atomic mass is 16.5. The maximum absolute atomic E-state index is 12.6. The van der Waals surface area contributed by atoms with Crippen molar-refractivity contribution in [3.8, 4) is 5.75 Å². The quantitative estimate of drug-likeness (QED) is 0.812. The summed E-state index contributed by atoms with van der Waals surface area (Å²) >= 11 is 0. The summed E-state index contributed by atoms with van der Waals surface area (Å²) < 4.78 is 10.6. The minimum Gasteiger partial charge on any atom is -0.497 e. The Morgan fingerprint density at radius 1 is 1.33 bits per heavy atom. The Morgan fingerprint density at radius 3 is 2.85 bits per heavy atom. The highest BCUT2D eigenvalue weighted by Gasteiger charge is 2.45. The number of hydrogen-bond donors (Lipinski definition) is 0. The summed E-state index contributed by atoms with van der Waals surface area (Å²) in [4.78, 5) is 29.2. The first-order valence-electron chi connectivity index (χ1n) is 9.86. The van der Waals surface area contributed by atoms with E-state index in [2.05, 4.69) is 0 Å². The fourth-order valence-corrected chi connectivity index (χ4v) is 4.64. The lowest BCUT2D eigenvalue weighted by Gasteiger charge is -2.39. The maximum Gasteiger partial charge on any atom is 0.228 e. The van der Waals surface area contributed by atoms with Gasteiger partial charge in [0.1, 0.15) is 5.75 Å². The molecule has 3 aliphatic heterocycles. The first-order valence-corrected chi connectivity index (χ1v) is 9.86. The maximum atomic E-state index is 12.6. The number of piperidine rings is 1. The molecule has 1 spiro atoms. The van der Waals surface area contributed by atoms with Gasteiger partial charge in [0.05, 0.1) is 19.6 Å². The van der Waals surface area contributed by atoms with Crippen LogP contribution in [0.1, 0.15) is 31.2 Å². The minimum absolute atomic E-state index is 0.0267. The summed E-state index contributed by atoms with van der Waals surface area (Å²) in [5.41, 5.74) is 1.12. The van der Waals surface area contributed by atoms with E-state index in [1.807, 2.05) is 34.1 Å². The number of rotatable bonds is 4. The second kappa shape index (κ2) is 7.50. The van der Waals surface area contributed by atoms with E-state index >= 15 is 0 Å². The molecule has 27 heavy (non-hydrogen) atoms. The lowest BCUT2D eigenvalue weighted by atomic mass is 9.77. The Hall–Kier alpha value is -2.08. The van der Waals surface area contributed by atoms with Crippen LogP contribution in [0.25, 0.3) is 0 Å². The summed E-state index contributed by atoms with van der Waals surface area (Å²) in [5, 5.41) is 0. The van der Waals surface area contributed by atoms with E-state index < -0.39 is 0 Å². The zero-order valence-electron chi connectivity index (χ0n) is 16.0. The number of ether oxygens (including phenoxy) is 2. The minimum atomic E-state index is 0.0267. The zero-order valence-corrected chi connectivity index (χ0v) is 16.0. The molecule has 3 heterocycles. The van der Waals surface area contributed by atoms with E-state index in [0.717, 1.165) is 50.2 Å². The molecule has 0 aliphatic carbocycles. The van der Waals surface area contributed by atoms with E-state index in [1.54, 1.807) is 7.11 Å². The Labute approximate surface area is 160 Å². The first kappa shape index (κ1) is 18.3. The Kier molecular flexibility index (Phi) is 5.08. The number of carbonyl (C=O) groups excluding carboxylic acids is 2. The predicted octanol–water partition coefficient (Wildman–Crippen LogP) is 2.07. The fourth-order valence-electron chi connectivity index (χ4n) is 4.64. The standard InChI is InChI=1S/C21H28N2O4/c1-26-18-4-2-3-16(11-18)13-23-15-21(12-19(23)24)6-8-22(9-7-21)20(25)17-5-10-27-14-17/h2-4,11,17H,5-10,12-15H2,1H3/t17-/m0/s1. The van der Waals surface area contributed by atoms with Crippen LogP contribution in [0.15, 0.2) is 24.3 Å². The molecule has 146 valence electrons. The average molecular weight is 372 g/mol. The van der Waals surface area contributed by atoms with Crippen molar-refractivity contribution >= 4 is 11.8 Å². The lowest BCUT2D eigenvalue weighted by Crippen LogP contribution is -2.46. The van der Waals surface area contributed by atoms with E-state index in [4.69, 9.17) is 9.47 Å². The largest absolute Gasteiger partial charge is 0.497 e. The Morgan fingerprint density at radius 2 is 2.15 bits per heavy atom. The fraction of sp³-hybridized carbons (Fsp3) is 0.619. The van der Waals surface area contributed by atoms with Crippen molar-refractivity contribution in [1.29, 1.82) is 0 Å². The van der Waals surface area contributed by atoms with Crippen molar-refractivity contribution in [1.82, 2.24) is 9.80 Å². The number of benzene rings is 1. The number of nitrogens with zero attached hydrogens (tertiary/aromatic N) is 2. The first-order chi connectivity index (χ1) is 13.1. The number of likely N-dealkylation sites (tertiary alicyclic amines) is 2.